The van der Waals surface area contributed by atoms with Crippen LogP contribution in [0.2, 0.25) is 0 Å². The Morgan fingerprint density at radius 3 is 2.73 bits per heavy atom. The number of aliphatic imine (C=N–C) groups is 1. The second-order valence-electron chi connectivity index (χ2n) is 17.9. The monoisotopic (exact) mass is 718 g/mol. The highest BCUT2D eigenvalue weighted by Crippen LogP contribution is 2.43. The van der Waals surface area contributed by atoms with Crippen LogP contribution >= 0.6 is 0 Å². The Bertz CT molecular complexity index is 1540. The fraction of sp³-hybridized carbons (Fsp3) is 0.756. The van der Waals surface area contributed by atoms with Crippen LogP contribution in [0.15, 0.2) is 23.2 Å². The average molecular weight is 719 g/mol. The minimum absolute atomic E-state index is 0.0273. The second kappa shape index (κ2) is 15.4. The van der Waals surface area contributed by atoms with E-state index in [1.807, 2.05) is 6.21 Å². The van der Waals surface area contributed by atoms with Crippen molar-refractivity contribution in [1.29, 1.82) is 0 Å². The van der Waals surface area contributed by atoms with Crippen molar-refractivity contribution in [2.45, 2.75) is 157 Å². The van der Waals surface area contributed by atoms with Gasteiger partial charge in [-0.05, 0) is 101 Å². The number of rotatable bonds is 4. The first-order chi connectivity index (χ1) is 24.8. The van der Waals surface area contributed by atoms with E-state index in [1.165, 1.54) is 16.0 Å². The van der Waals surface area contributed by atoms with Crippen LogP contribution in [0, 0.1) is 23.7 Å². The number of hydrogen-bond acceptors (Lipinski definition) is 10. The summed E-state index contributed by atoms with van der Waals surface area (Å²) in [6.45, 7) is 6.77. The van der Waals surface area contributed by atoms with Crippen LogP contribution in [-0.2, 0) is 17.6 Å². The molecule has 12 atom stereocenters. The summed E-state index contributed by atoms with van der Waals surface area (Å²) in [4.78, 5) is 20.3. The summed E-state index contributed by atoms with van der Waals surface area (Å²) < 4.78 is 0. The highest BCUT2D eigenvalue weighted by molar-refractivity contribution is 5.65. The van der Waals surface area contributed by atoms with Crippen LogP contribution in [0.25, 0.3) is 0 Å². The van der Waals surface area contributed by atoms with Crippen molar-refractivity contribution in [3.63, 3.8) is 0 Å². The maximum absolute atomic E-state index is 12.9. The standard InChI is InChI=1S/C41H62N6O5/c1-27-36(48)20-34(46-17-15-43-26-46)35-22-41(52,14-16-47(27)35)31-10-3-6-28-7-4-11-33-29(18-31)8-5-9-30(33)19-32-21-39(2,23-37(42)45-32)44-25-40(51,13-12-28)24-38(49)50/h5,8-9,15,27-28,31-32,34-37,44-45,48,51-52H,3,6-7,10,12-14,16-26,42H2,1-2H3,(H,49,50). The Kier molecular flexibility index (Phi) is 11.2. The van der Waals surface area contributed by atoms with Gasteiger partial charge >= 0.3 is 0 Å². The number of nitrogens with one attached hydrogen (secondary N) is 3. The molecule has 3 saturated heterocycles. The molecule has 3 fully saturated rings. The molecule has 1 aromatic carbocycles. The Morgan fingerprint density at radius 1 is 1.15 bits per heavy atom. The molecule has 7 rings (SSSR count). The largest absolute Gasteiger partial charge is 0.550 e. The number of carboxylic acid groups (broad SMARTS) is 1. The van der Waals surface area contributed by atoms with Gasteiger partial charge in [0.05, 0.1) is 35.7 Å². The van der Waals surface area contributed by atoms with E-state index >= 15 is 0 Å². The van der Waals surface area contributed by atoms with E-state index in [9.17, 15) is 25.2 Å². The van der Waals surface area contributed by atoms with Gasteiger partial charge in [-0.1, -0.05) is 36.5 Å². The van der Waals surface area contributed by atoms with E-state index in [-0.39, 0.29) is 60.4 Å². The van der Waals surface area contributed by atoms with Gasteiger partial charge in [0.2, 0.25) is 0 Å². The van der Waals surface area contributed by atoms with Gasteiger partial charge in [0, 0.05) is 61.5 Å². The maximum Gasteiger partial charge on any atom is 0.171 e. The SMILES string of the molecule is CC1C(O)CC([NH+]2CC=NC2)C2CC(O)(C3CCCC4CC#Cc5c(cccc5C3)CC3CC(C)(CC(N)N3)NCC(O)(CC(=O)[O-])CC4)CCN12. The normalized spacial score (nSPS) is 43.0. The molecule has 4 bridgehead atoms. The minimum Gasteiger partial charge on any atom is -0.550 e. The van der Waals surface area contributed by atoms with Crippen molar-refractivity contribution >= 4 is 12.2 Å². The van der Waals surface area contributed by atoms with Gasteiger partial charge in [-0.15, -0.1) is 0 Å². The first-order valence-corrected chi connectivity index (χ1v) is 20.1. The van der Waals surface area contributed by atoms with Gasteiger partial charge < -0.3 is 41.2 Å². The quantitative estimate of drug-likeness (QED) is 0.205. The number of carboxylic acids is 1. The summed E-state index contributed by atoms with van der Waals surface area (Å²) in [6.07, 6.45) is 10.3. The van der Waals surface area contributed by atoms with Crippen molar-refractivity contribution < 1.29 is 30.1 Å². The molecule has 52 heavy (non-hydrogen) atoms. The van der Waals surface area contributed by atoms with E-state index in [0.29, 0.717) is 38.5 Å². The molecule has 0 amide bonds. The predicted molar refractivity (Wildman–Crippen MR) is 198 cm³/mol. The molecule has 0 spiro atoms. The number of hydrogen-bond donors (Lipinski definition) is 7. The fourth-order valence-corrected chi connectivity index (χ4v) is 11.0. The highest BCUT2D eigenvalue weighted by atomic mass is 16.4. The summed E-state index contributed by atoms with van der Waals surface area (Å²) in [6, 6.07) is 7.04. The number of aliphatic hydroxyl groups is 3. The number of β-amino-alcohol motifs (C(OH)–C–C–N with tert-alkyl or cyclic N) is 1. The third kappa shape index (κ3) is 8.30. The van der Waals surface area contributed by atoms with E-state index in [1.54, 1.807) is 0 Å². The smallest absolute Gasteiger partial charge is 0.171 e. The highest BCUT2D eigenvalue weighted by Gasteiger charge is 2.53. The number of aliphatic hydroxyl groups excluding tert-OH is 1. The summed E-state index contributed by atoms with van der Waals surface area (Å²) in [5, 5.41) is 54.9. The Morgan fingerprint density at radius 2 is 1.96 bits per heavy atom. The third-order valence-electron chi connectivity index (χ3n) is 14.0. The molecular formula is C41H62N6O5. The number of carbonyl (C=O) groups excluding carboxylic acids is 1. The lowest BCUT2D eigenvalue weighted by atomic mass is 9.68. The van der Waals surface area contributed by atoms with Gasteiger partial charge in [0.25, 0.3) is 0 Å². The van der Waals surface area contributed by atoms with Crippen LogP contribution in [0.5, 0.6) is 0 Å². The molecule has 0 aromatic heterocycles. The van der Waals surface area contributed by atoms with Crippen LogP contribution < -0.4 is 26.4 Å². The van der Waals surface area contributed by atoms with Crippen molar-refractivity contribution in [2.24, 2.45) is 22.6 Å². The zero-order valence-corrected chi connectivity index (χ0v) is 31.3. The zero-order chi connectivity index (χ0) is 36.7. The van der Waals surface area contributed by atoms with Crippen LogP contribution in [0.3, 0.4) is 0 Å². The lowest BCUT2D eigenvalue weighted by Gasteiger charge is -2.55. The first kappa shape index (κ1) is 37.9. The molecule has 6 aliphatic rings. The van der Waals surface area contributed by atoms with Gasteiger partial charge in [-0.3, -0.25) is 10.2 Å². The molecule has 5 aliphatic heterocycles. The number of quaternary nitrogens is 1. The Balaban J connectivity index is 1.23. The lowest BCUT2D eigenvalue weighted by molar-refractivity contribution is -0.915. The Labute approximate surface area is 309 Å². The topological polar surface area (TPSA) is 171 Å². The van der Waals surface area contributed by atoms with Crippen LogP contribution in [0.1, 0.15) is 108 Å². The van der Waals surface area contributed by atoms with Gasteiger partial charge in [-0.25, -0.2) is 4.99 Å². The summed E-state index contributed by atoms with van der Waals surface area (Å²) in [5.74, 6) is 6.15. The number of carbonyl (C=O) groups is 1. The number of benzene rings is 1. The van der Waals surface area contributed by atoms with Gasteiger partial charge in [0.1, 0.15) is 12.6 Å². The molecule has 1 aromatic rings. The summed E-state index contributed by atoms with van der Waals surface area (Å²) in [5.41, 5.74) is 7.34. The molecule has 286 valence electrons. The molecule has 11 nitrogen and oxygen atoms in total. The van der Waals surface area contributed by atoms with Crippen molar-refractivity contribution in [1.82, 2.24) is 15.5 Å². The summed E-state index contributed by atoms with van der Waals surface area (Å²) in [7, 11) is 0. The number of fused-ring (bicyclic) bond motifs is 5. The zero-order valence-electron chi connectivity index (χ0n) is 31.3. The van der Waals surface area contributed by atoms with Crippen LogP contribution in [0.4, 0.5) is 0 Å². The Hall–Kier alpha value is -2.40. The maximum atomic E-state index is 12.9. The average Bonchev–Trinajstić information content (AvgIpc) is 3.61. The first-order valence-electron chi connectivity index (χ1n) is 20.1. The fourth-order valence-electron chi connectivity index (χ4n) is 11.0. The minimum atomic E-state index is -1.45. The van der Waals surface area contributed by atoms with Crippen molar-refractivity contribution in [3.05, 3.63) is 34.9 Å². The third-order valence-corrected chi connectivity index (χ3v) is 14.0. The number of aliphatic carboxylic acids is 1. The molecule has 12 unspecified atom stereocenters. The molecule has 0 saturated carbocycles. The van der Waals surface area contributed by atoms with Gasteiger partial charge in [-0.2, -0.15) is 0 Å². The number of nitrogens with two attached hydrogens (primary N) is 1. The van der Waals surface area contributed by atoms with Crippen LogP contribution in [-0.4, -0.2) is 112 Å². The van der Waals surface area contributed by atoms with E-state index < -0.39 is 23.6 Å². The number of nitrogens with zero attached hydrogens (tertiary/aromatic N) is 2. The van der Waals surface area contributed by atoms with Crippen molar-refractivity contribution in [3.8, 4) is 11.8 Å². The second-order valence-corrected chi connectivity index (χ2v) is 17.9. The van der Waals surface area contributed by atoms with E-state index in [0.717, 1.165) is 70.3 Å². The molecule has 5 heterocycles. The van der Waals surface area contributed by atoms with Crippen molar-refractivity contribution in [2.75, 3.05) is 26.3 Å². The molecule has 11 heteroatoms. The van der Waals surface area contributed by atoms with Gasteiger partial charge in [0.15, 0.2) is 6.67 Å². The molecule has 8 N–H and O–H groups in total. The van der Waals surface area contributed by atoms with E-state index in [4.69, 9.17) is 5.73 Å². The number of piperidine rings is 3. The van der Waals surface area contributed by atoms with E-state index in [2.05, 4.69) is 64.4 Å². The molecule has 0 radical (unpaired) electrons. The summed E-state index contributed by atoms with van der Waals surface area (Å²) >= 11 is 0. The molecule has 1 aliphatic carbocycles. The predicted octanol–water partition coefficient (Wildman–Crippen LogP) is -0.376. The molecular weight excluding hydrogens is 656 g/mol. The lowest BCUT2D eigenvalue weighted by Crippen LogP contribution is -3.17.